The van der Waals surface area contributed by atoms with Crippen molar-refractivity contribution in [1.29, 1.82) is 5.26 Å². The van der Waals surface area contributed by atoms with Crippen molar-refractivity contribution in [3.63, 3.8) is 0 Å². The quantitative estimate of drug-likeness (QED) is 0.806. The first-order valence-corrected chi connectivity index (χ1v) is 6.70. The number of carbonyl (C=O) groups is 2. The number of nitrogens with zero attached hydrogens (tertiary/aromatic N) is 1. The van der Waals surface area contributed by atoms with Gasteiger partial charge in [0.2, 0.25) is 5.91 Å². The lowest BCUT2D eigenvalue weighted by Crippen LogP contribution is -2.15. The molecule has 0 aliphatic carbocycles. The number of anilines is 1. The van der Waals surface area contributed by atoms with E-state index in [-0.39, 0.29) is 23.0 Å². The average molecular weight is 278 g/mol. The van der Waals surface area contributed by atoms with Gasteiger partial charge in [-0.15, -0.1) is 11.8 Å². The zero-order chi connectivity index (χ0) is 14.4. The Morgan fingerprint density at radius 2 is 2.11 bits per heavy atom. The van der Waals surface area contributed by atoms with Gasteiger partial charge in [0.25, 0.3) is 0 Å². The van der Waals surface area contributed by atoms with Crippen LogP contribution < -0.4 is 5.32 Å². The molecule has 6 heteroatoms. The summed E-state index contributed by atoms with van der Waals surface area (Å²) in [5.41, 5.74) is 2.13. The molecule has 0 atom stereocenters. The number of aryl methyl sites for hydroxylation is 1. The first-order valence-electron chi connectivity index (χ1n) is 5.54. The highest BCUT2D eigenvalue weighted by molar-refractivity contribution is 8.00. The van der Waals surface area contributed by atoms with Crippen LogP contribution in [0.1, 0.15) is 21.5 Å². The van der Waals surface area contributed by atoms with Crippen molar-refractivity contribution < 1.29 is 14.7 Å². The molecule has 1 aromatic rings. The SMILES string of the molecule is Cc1cc(NC(=O)CSCC#N)cc(C(=O)O)c1C. The molecule has 0 bridgehead atoms. The maximum Gasteiger partial charge on any atom is 0.336 e. The van der Waals surface area contributed by atoms with Crippen molar-refractivity contribution in [1.82, 2.24) is 0 Å². The average Bonchev–Trinajstić information content (AvgIpc) is 2.33. The van der Waals surface area contributed by atoms with Crippen molar-refractivity contribution in [3.8, 4) is 6.07 Å². The molecule has 2 N–H and O–H groups in total. The molecule has 0 aromatic heterocycles. The number of carbonyl (C=O) groups excluding carboxylic acids is 1. The summed E-state index contributed by atoms with van der Waals surface area (Å²) in [5, 5.41) is 20.1. The van der Waals surface area contributed by atoms with Crippen molar-refractivity contribution in [2.24, 2.45) is 0 Å². The number of aromatic carboxylic acids is 1. The minimum Gasteiger partial charge on any atom is -0.478 e. The molecule has 5 nitrogen and oxygen atoms in total. The van der Waals surface area contributed by atoms with Gasteiger partial charge in [-0.25, -0.2) is 4.79 Å². The van der Waals surface area contributed by atoms with Crippen LogP contribution in [0.4, 0.5) is 5.69 Å². The minimum absolute atomic E-state index is 0.170. The number of hydrogen-bond donors (Lipinski definition) is 2. The van der Waals surface area contributed by atoms with Crippen LogP contribution >= 0.6 is 11.8 Å². The van der Waals surface area contributed by atoms with Crippen LogP contribution in [0.5, 0.6) is 0 Å². The Morgan fingerprint density at radius 1 is 1.42 bits per heavy atom. The van der Waals surface area contributed by atoms with E-state index in [1.807, 2.05) is 6.07 Å². The fourth-order valence-corrected chi connectivity index (χ4v) is 1.99. The van der Waals surface area contributed by atoms with Crippen LogP contribution in [0.2, 0.25) is 0 Å². The van der Waals surface area contributed by atoms with E-state index in [9.17, 15) is 9.59 Å². The second-order valence-electron chi connectivity index (χ2n) is 3.97. The molecular formula is C13H14N2O3S. The third kappa shape index (κ3) is 4.30. The number of amides is 1. The lowest BCUT2D eigenvalue weighted by atomic mass is 10.0. The zero-order valence-electron chi connectivity index (χ0n) is 10.7. The standard InChI is InChI=1S/C13H14N2O3S/c1-8-5-10(6-11(9(8)2)13(17)18)15-12(16)7-19-4-3-14/h5-6H,4,7H2,1-2H3,(H,15,16)(H,17,18). The number of nitriles is 1. The molecule has 100 valence electrons. The van der Waals surface area contributed by atoms with Gasteiger partial charge in [0.1, 0.15) is 0 Å². The van der Waals surface area contributed by atoms with Gasteiger partial charge in [-0.2, -0.15) is 5.26 Å². The first kappa shape index (κ1) is 15.1. The Bertz CT molecular complexity index is 550. The Labute approximate surface area is 115 Å². The monoisotopic (exact) mass is 278 g/mol. The van der Waals surface area contributed by atoms with E-state index in [1.165, 1.54) is 17.8 Å². The van der Waals surface area contributed by atoms with E-state index in [1.54, 1.807) is 19.9 Å². The summed E-state index contributed by atoms with van der Waals surface area (Å²) in [5.74, 6) is -0.848. The number of nitrogens with one attached hydrogen (secondary N) is 1. The fourth-order valence-electron chi connectivity index (χ4n) is 1.54. The van der Waals surface area contributed by atoms with E-state index in [0.717, 1.165) is 5.56 Å². The molecule has 0 saturated carbocycles. The Morgan fingerprint density at radius 3 is 2.68 bits per heavy atom. The molecule has 1 aromatic carbocycles. The van der Waals surface area contributed by atoms with Gasteiger partial charge in [-0.1, -0.05) is 0 Å². The number of rotatable bonds is 5. The van der Waals surface area contributed by atoms with Gasteiger partial charge in [0, 0.05) is 5.69 Å². The van der Waals surface area contributed by atoms with Crippen LogP contribution in [0.3, 0.4) is 0 Å². The van der Waals surface area contributed by atoms with Crippen LogP contribution in [-0.4, -0.2) is 28.5 Å². The van der Waals surface area contributed by atoms with Crippen molar-refractivity contribution in [2.75, 3.05) is 16.8 Å². The minimum atomic E-state index is -1.02. The summed E-state index contributed by atoms with van der Waals surface area (Å²) >= 11 is 1.21. The molecule has 0 fully saturated rings. The summed E-state index contributed by atoms with van der Waals surface area (Å²) in [4.78, 5) is 22.6. The predicted octanol–water partition coefficient (Wildman–Crippen LogP) is 2.20. The van der Waals surface area contributed by atoms with E-state index in [2.05, 4.69) is 5.32 Å². The highest BCUT2D eigenvalue weighted by atomic mass is 32.2. The Kier molecular flexibility index (Phi) is 5.39. The summed E-state index contributed by atoms with van der Waals surface area (Å²) in [6.45, 7) is 3.52. The number of thioether (sulfide) groups is 1. The maximum atomic E-state index is 11.6. The molecule has 0 unspecified atom stereocenters. The second kappa shape index (κ2) is 6.81. The third-order valence-electron chi connectivity index (χ3n) is 2.58. The maximum absolute atomic E-state index is 11.6. The Hall–Kier alpha value is -2.00. The molecule has 1 amide bonds. The second-order valence-corrected chi connectivity index (χ2v) is 4.96. The molecule has 19 heavy (non-hydrogen) atoms. The van der Waals surface area contributed by atoms with Crippen molar-refractivity contribution in [3.05, 3.63) is 28.8 Å². The van der Waals surface area contributed by atoms with Gasteiger partial charge in [-0.05, 0) is 37.1 Å². The summed E-state index contributed by atoms with van der Waals surface area (Å²) in [7, 11) is 0. The summed E-state index contributed by atoms with van der Waals surface area (Å²) in [6.07, 6.45) is 0. The van der Waals surface area contributed by atoms with Crippen LogP contribution in [-0.2, 0) is 4.79 Å². The van der Waals surface area contributed by atoms with Gasteiger partial charge < -0.3 is 10.4 Å². The highest BCUT2D eigenvalue weighted by Crippen LogP contribution is 2.20. The molecule has 0 radical (unpaired) electrons. The topological polar surface area (TPSA) is 90.2 Å². The normalized spacial score (nSPS) is 9.74. The van der Waals surface area contributed by atoms with E-state index >= 15 is 0 Å². The number of hydrogen-bond acceptors (Lipinski definition) is 4. The zero-order valence-corrected chi connectivity index (χ0v) is 11.5. The summed E-state index contributed by atoms with van der Waals surface area (Å²) in [6, 6.07) is 5.11. The number of carboxylic acids is 1. The van der Waals surface area contributed by atoms with E-state index in [4.69, 9.17) is 10.4 Å². The molecule has 0 heterocycles. The smallest absolute Gasteiger partial charge is 0.336 e. The van der Waals surface area contributed by atoms with Gasteiger partial charge in [0.05, 0.1) is 23.1 Å². The Balaban J connectivity index is 2.82. The molecule has 0 saturated heterocycles. The van der Waals surface area contributed by atoms with E-state index in [0.29, 0.717) is 11.3 Å². The van der Waals surface area contributed by atoms with Crippen LogP contribution in [0.25, 0.3) is 0 Å². The largest absolute Gasteiger partial charge is 0.478 e. The van der Waals surface area contributed by atoms with Crippen LogP contribution in [0, 0.1) is 25.2 Å². The number of carboxylic acid groups (broad SMARTS) is 1. The van der Waals surface area contributed by atoms with Crippen LogP contribution in [0.15, 0.2) is 12.1 Å². The van der Waals surface area contributed by atoms with Gasteiger partial charge in [0.15, 0.2) is 0 Å². The van der Waals surface area contributed by atoms with E-state index < -0.39 is 5.97 Å². The number of benzene rings is 1. The predicted molar refractivity (Wildman–Crippen MR) is 74.4 cm³/mol. The first-order chi connectivity index (χ1) is 8.95. The van der Waals surface area contributed by atoms with Gasteiger partial charge in [-0.3, -0.25) is 4.79 Å². The third-order valence-corrected chi connectivity index (χ3v) is 3.38. The molecule has 1 rings (SSSR count). The lowest BCUT2D eigenvalue weighted by molar-refractivity contribution is -0.113. The van der Waals surface area contributed by atoms with Crippen molar-refractivity contribution >= 4 is 29.3 Å². The van der Waals surface area contributed by atoms with Gasteiger partial charge >= 0.3 is 5.97 Å². The molecule has 0 aliphatic heterocycles. The molecular weight excluding hydrogens is 264 g/mol. The fraction of sp³-hybridized carbons (Fsp3) is 0.308. The molecule has 0 spiro atoms. The van der Waals surface area contributed by atoms with Crippen molar-refractivity contribution in [2.45, 2.75) is 13.8 Å². The highest BCUT2D eigenvalue weighted by Gasteiger charge is 2.12. The molecule has 0 aliphatic rings. The summed E-state index contributed by atoms with van der Waals surface area (Å²) < 4.78 is 0. The lowest BCUT2D eigenvalue weighted by Gasteiger charge is -2.10.